The van der Waals surface area contributed by atoms with E-state index in [0.29, 0.717) is 5.69 Å². The van der Waals surface area contributed by atoms with Crippen LogP contribution in [0.15, 0.2) is 37.1 Å². The highest BCUT2D eigenvalue weighted by Crippen LogP contribution is 2.21. The van der Waals surface area contributed by atoms with Crippen molar-refractivity contribution in [1.29, 1.82) is 0 Å². The maximum absolute atomic E-state index is 12.3. The Kier molecular flexibility index (Phi) is 3.96. The van der Waals surface area contributed by atoms with Crippen LogP contribution in [-0.2, 0) is 7.05 Å². The molecule has 0 aliphatic carbocycles. The fourth-order valence-corrected chi connectivity index (χ4v) is 2.43. The molecule has 3 aromatic rings. The number of hydrogen-bond acceptors (Lipinski definition) is 4. The number of aromatic nitrogens is 5. The monoisotopic (exact) mass is 313 g/mol. The third-order valence-electron chi connectivity index (χ3n) is 3.57. The van der Waals surface area contributed by atoms with Crippen LogP contribution in [0, 0.1) is 5.92 Å². The third-order valence-corrected chi connectivity index (χ3v) is 3.57. The maximum Gasteiger partial charge on any atom is 0.319 e. The van der Waals surface area contributed by atoms with Gasteiger partial charge in [0.25, 0.3) is 0 Å². The molecule has 1 atom stereocenters. The molecular weight excluding hydrogens is 294 g/mol. The van der Waals surface area contributed by atoms with Crippen molar-refractivity contribution in [3.8, 4) is 0 Å². The van der Waals surface area contributed by atoms with E-state index < -0.39 is 0 Å². The number of fused-ring (bicyclic) bond motifs is 1. The first-order valence-electron chi connectivity index (χ1n) is 7.38. The van der Waals surface area contributed by atoms with Crippen LogP contribution in [0.3, 0.4) is 0 Å². The second-order valence-electron chi connectivity index (χ2n) is 5.75. The van der Waals surface area contributed by atoms with Crippen molar-refractivity contribution in [2.75, 3.05) is 5.32 Å². The van der Waals surface area contributed by atoms with Crippen LogP contribution in [0.25, 0.3) is 5.65 Å². The number of carbonyl (C=O) groups excluding carboxylic acids is 1. The number of aryl methyl sites for hydroxylation is 1. The minimum Gasteiger partial charge on any atom is -0.331 e. The van der Waals surface area contributed by atoms with E-state index in [1.165, 1.54) is 6.33 Å². The van der Waals surface area contributed by atoms with Gasteiger partial charge in [-0.05, 0) is 18.1 Å². The van der Waals surface area contributed by atoms with Crippen molar-refractivity contribution < 1.29 is 4.79 Å². The maximum atomic E-state index is 12.3. The van der Waals surface area contributed by atoms with Gasteiger partial charge in [0.2, 0.25) is 0 Å². The molecule has 0 aromatic carbocycles. The summed E-state index contributed by atoms with van der Waals surface area (Å²) in [6, 6.07) is 3.20. The van der Waals surface area contributed by atoms with Crippen LogP contribution in [0.1, 0.15) is 25.5 Å². The summed E-state index contributed by atoms with van der Waals surface area (Å²) >= 11 is 0. The number of pyridine rings is 1. The first-order valence-corrected chi connectivity index (χ1v) is 7.38. The van der Waals surface area contributed by atoms with Gasteiger partial charge in [-0.2, -0.15) is 10.2 Å². The third kappa shape index (κ3) is 3.31. The van der Waals surface area contributed by atoms with Gasteiger partial charge in [0, 0.05) is 18.8 Å². The molecule has 3 rings (SSSR count). The highest BCUT2D eigenvalue weighted by atomic mass is 16.2. The average molecular weight is 313 g/mol. The SMILES string of the molecule is CC(C)C(NC(=O)Nc1ccc2ncnn2c1)c1cnn(C)c1. The number of anilines is 1. The second-order valence-corrected chi connectivity index (χ2v) is 5.75. The summed E-state index contributed by atoms with van der Waals surface area (Å²) in [5.41, 5.74) is 2.35. The molecule has 8 nitrogen and oxygen atoms in total. The van der Waals surface area contributed by atoms with Gasteiger partial charge < -0.3 is 10.6 Å². The molecule has 1 unspecified atom stereocenters. The number of nitrogens with zero attached hydrogens (tertiary/aromatic N) is 5. The summed E-state index contributed by atoms with van der Waals surface area (Å²) < 4.78 is 3.33. The van der Waals surface area contributed by atoms with E-state index >= 15 is 0 Å². The van der Waals surface area contributed by atoms with Crippen molar-refractivity contribution in [3.05, 3.63) is 42.6 Å². The molecule has 2 amide bonds. The fourth-order valence-electron chi connectivity index (χ4n) is 2.43. The van der Waals surface area contributed by atoms with Gasteiger partial charge in [0.05, 0.1) is 24.1 Å². The minimum absolute atomic E-state index is 0.112. The highest BCUT2D eigenvalue weighted by molar-refractivity contribution is 5.89. The van der Waals surface area contributed by atoms with Gasteiger partial charge in [0.1, 0.15) is 6.33 Å². The first kappa shape index (κ1) is 15.0. The second kappa shape index (κ2) is 6.07. The Morgan fingerprint density at radius 3 is 2.74 bits per heavy atom. The summed E-state index contributed by atoms with van der Waals surface area (Å²) in [5, 5.41) is 14.0. The van der Waals surface area contributed by atoms with Gasteiger partial charge >= 0.3 is 6.03 Å². The number of amides is 2. The van der Waals surface area contributed by atoms with E-state index in [9.17, 15) is 4.79 Å². The van der Waals surface area contributed by atoms with Gasteiger partial charge in [-0.1, -0.05) is 13.8 Å². The molecule has 0 bridgehead atoms. The largest absolute Gasteiger partial charge is 0.331 e. The molecule has 2 N–H and O–H groups in total. The Morgan fingerprint density at radius 2 is 2.04 bits per heavy atom. The molecule has 0 radical (unpaired) electrons. The summed E-state index contributed by atoms with van der Waals surface area (Å²) in [7, 11) is 1.86. The lowest BCUT2D eigenvalue weighted by Crippen LogP contribution is -2.35. The first-order chi connectivity index (χ1) is 11.0. The molecule has 8 heteroatoms. The molecule has 0 spiro atoms. The number of carbonyl (C=O) groups is 1. The molecule has 0 aliphatic rings. The van der Waals surface area contributed by atoms with Crippen molar-refractivity contribution in [1.82, 2.24) is 29.7 Å². The van der Waals surface area contributed by atoms with Crippen molar-refractivity contribution in [2.24, 2.45) is 13.0 Å². The summed E-state index contributed by atoms with van der Waals surface area (Å²) in [6.07, 6.45) is 6.87. The van der Waals surface area contributed by atoms with Crippen LogP contribution in [-0.4, -0.2) is 30.4 Å². The molecule has 23 heavy (non-hydrogen) atoms. The van der Waals surface area contributed by atoms with Gasteiger partial charge in [-0.15, -0.1) is 0 Å². The Labute approximate surface area is 133 Å². The standard InChI is InChI=1S/C15H19N7O/c1-10(2)14(11-6-17-21(3)7-11)20-15(23)19-12-4-5-13-16-9-18-22(13)8-12/h4-10,14H,1-3H3,(H2,19,20,23). The zero-order valence-corrected chi connectivity index (χ0v) is 13.3. The fraction of sp³-hybridized carbons (Fsp3) is 0.333. The molecular formula is C15H19N7O. The van der Waals surface area contributed by atoms with Gasteiger partial charge in [-0.25, -0.2) is 14.3 Å². The Balaban J connectivity index is 1.71. The predicted molar refractivity (Wildman–Crippen MR) is 85.9 cm³/mol. The molecule has 3 heterocycles. The Hall–Kier alpha value is -2.90. The topological polar surface area (TPSA) is 89.1 Å². The quantitative estimate of drug-likeness (QED) is 0.771. The zero-order valence-electron chi connectivity index (χ0n) is 13.3. The van der Waals surface area contributed by atoms with Crippen LogP contribution in [0.5, 0.6) is 0 Å². The summed E-state index contributed by atoms with van der Waals surface area (Å²) in [5.74, 6) is 0.239. The lowest BCUT2D eigenvalue weighted by Gasteiger charge is -2.21. The lowest BCUT2D eigenvalue weighted by molar-refractivity contribution is 0.244. The van der Waals surface area contributed by atoms with Crippen molar-refractivity contribution in [3.63, 3.8) is 0 Å². The van der Waals surface area contributed by atoms with E-state index in [2.05, 4.69) is 39.7 Å². The minimum atomic E-state index is -0.271. The molecule has 120 valence electrons. The van der Waals surface area contributed by atoms with Crippen LogP contribution < -0.4 is 10.6 Å². The predicted octanol–water partition coefficient (Wildman–Crippen LogP) is 1.98. The van der Waals surface area contributed by atoms with Gasteiger partial charge in [-0.3, -0.25) is 4.68 Å². The number of hydrogen-bond donors (Lipinski definition) is 2. The summed E-state index contributed by atoms with van der Waals surface area (Å²) in [4.78, 5) is 16.4. The highest BCUT2D eigenvalue weighted by Gasteiger charge is 2.19. The van der Waals surface area contributed by atoms with E-state index in [1.54, 1.807) is 33.7 Å². The van der Waals surface area contributed by atoms with Crippen molar-refractivity contribution >= 4 is 17.4 Å². The van der Waals surface area contributed by atoms with E-state index in [1.807, 2.05) is 13.2 Å². The zero-order chi connectivity index (χ0) is 16.4. The normalized spacial score (nSPS) is 12.5. The molecule has 0 fully saturated rings. The van der Waals surface area contributed by atoms with Crippen LogP contribution in [0.4, 0.5) is 10.5 Å². The van der Waals surface area contributed by atoms with E-state index in [0.717, 1.165) is 11.2 Å². The van der Waals surface area contributed by atoms with Crippen LogP contribution >= 0.6 is 0 Å². The number of rotatable bonds is 4. The van der Waals surface area contributed by atoms with Crippen LogP contribution in [0.2, 0.25) is 0 Å². The number of nitrogens with one attached hydrogen (secondary N) is 2. The Bertz CT molecular complexity index is 820. The average Bonchev–Trinajstić information content (AvgIpc) is 3.12. The number of urea groups is 1. The van der Waals surface area contributed by atoms with E-state index in [-0.39, 0.29) is 18.0 Å². The van der Waals surface area contributed by atoms with E-state index in [4.69, 9.17) is 0 Å². The molecule has 0 saturated heterocycles. The smallest absolute Gasteiger partial charge is 0.319 e. The molecule has 0 saturated carbocycles. The molecule has 0 aliphatic heterocycles. The summed E-state index contributed by atoms with van der Waals surface area (Å²) in [6.45, 7) is 4.11. The van der Waals surface area contributed by atoms with Gasteiger partial charge in [0.15, 0.2) is 5.65 Å². The Morgan fingerprint density at radius 1 is 1.22 bits per heavy atom. The molecule has 3 aromatic heterocycles. The lowest BCUT2D eigenvalue weighted by atomic mass is 9.99. The van der Waals surface area contributed by atoms with Crippen molar-refractivity contribution in [2.45, 2.75) is 19.9 Å².